The zero-order valence-electron chi connectivity index (χ0n) is 8.97. The minimum atomic E-state index is -0.453. The number of halogens is 1. The molecule has 1 heterocycles. The number of aromatic amines is 1. The highest BCUT2D eigenvalue weighted by atomic mass is 79.9. The van der Waals surface area contributed by atoms with E-state index in [1.54, 1.807) is 17.5 Å². The summed E-state index contributed by atoms with van der Waals surface area (Å²) in [6.07, 6.45) is 0. The molecule has 0 bridgehead atoms. The molecule has 1 aromatic heterocycles. The third-order valence-corrected chi connectivity index (χ3v) is 3.41. The first-order chi connectivity index (χ1) is 8.56. The van der Waals surface area contributed by atoms with Crippen LogP contribution in [0.15, 0.2) is 32.8 Å². The molecule has 6 nitrogen and oxygen atoms in total. The highest BCUT2D eigenvalue weighted by molar-refractivity contribution is 9.10. The summed E-state index contributed by atoms with van der Waals surface area (Å²) in [5, 5.41) is 15.5. The summed E-state index contributed by atoms with van der Waals surface area (Å²) < 4.78 is 0.745. The van der Waals surface area contributed by atoms with Gasteiger partial charge in [0.1, 0.15) is 5.69 Å². The van der Waals surface area contributed by atoms with E-state index in [1.807, 2.05) is 0 Å². The molecule has 8 heteroatoms. The molecule has 0 aliphatic carbocycles. The number of nitro benzene ring substituents is 1. The predicted octanol–water partition coefficient (Wildman–Crippen LogP) is 2.72. The van der Waals surface area contributed by atoms with E-state index in [9.17, 15) is 14.9 Å². The molecule has 0 amide bonds. The zero-order chi connectivity index (χ0) is 13.1. The van der Waals surface area contributed by atoms with Crippen molar-refractivity contribution in [3.05, 3.63) is 53.5 Å². The smallest absolute Gasteiger partial charge is 0.304 e. The first kappa shape index (κ1) is 12.8. The minimum Gasteiger partial charge on any atom is -0.374 e. The van der Waals surface area contributed by atoms with Crippen LogP contribution in [0, 0.1) is 10.1 Å². The van der Waals surface area contributed by atoms with Crippen molar-refractivity contribution in [1.82, 2.24) is 4.98 Å². The topological polar surface area (TPSA) is 88.0 Å². The number of aromatic nitrogens is 1. The Kier molecular flexibility index (Phi) is 3.78. The number of hydrogen-bond donors (Lipinski definition) is 2. The number of thiazole rings is 1. The number of H-pyrrole nitrogens is 1. The van der Waals surface area contributed by atoms with Crippen molar-refractivity contribution in [2.45, 2.75) is 6.54 Å². The zero-order valence-corrected chi connectivity index (χ0v) is 11.4. The monoisotopic (exact) mass is 329 g/mol. The molecule has 0 radical (unpaired) electrons. The number of nitrogens with zero attached hydrogens (tertiary/aromatic N) is 1. The largest absolute Gasteiger partial charge is 0.374 e. The van der Waals surface area contributed by atoms with E-state index in [1.165, 1.54) is 6.07 Å². The normalized spacial score (nSPS) is 10.3. The van der Waals surface area contributed by atoms with E-state index in [2.05, 4.69) is 26.2 Å². The van der Waals surface area contributed by atoms with E-state index < -0.39 is 4.92 Å². The van der Waals surface area contributed by atoms with E-state index in [0.717, 1.165) is 15.8 Å². The minimum absolute atomic E-state index is 0.00391. The fraction of sp³-hybridized carbons (Fsp3) is 0.100. The average Bonchev–Trinajstić information content (AvgIpc) is 2.72. The van der Waals surface area contributed by atoms with Gasteiger partial charge in [-0.1, -0.05) is 27.3 Å². The number of nitro groups is 1. The van der Waals surface area contributed by atoms with Gasteiger partial charge in [-0.25, -0.2) is 0 Å². The molecule has 0 saturated heterocycles. The van der Waals surface area contributed by atoms with Gasteiger partial charge in [0.25, 0.3) is 5.69 Å². The van der Waals surface area contributed by atoms with Gasteiger partial charge in [0.05, 0.1) is 11.5 Å². The van der Waals surface area contributed by atoms with Crippen LogP contribution in [0.3, 0.4) is 0 Å². The Hall–Kier alpha value is -1.67. The summed E-state index contributed by atoms with van der Waals surface area (Å²) in [6, 6.07) is 4.65. The molecule has 0 spiro atoms. The second-order valence-corrected chi connectivity index (χ2v) is 5.20. The van der Waals surface area contributed by atoms with Gasteiger partial charge in [0.15, 0.2) is 0 Å². The lowest BCUT2D eigenvalue weighted by Crippen LogP contribution is -2.04. The fourth-order valence-corrected chi connectivity index (χ4v) is 2.34. The molecule has 18 heavy (non-hydrogen) atoms. The van der Waals surface area contributed by atoms with E-state index >= 15 is 0 Å². The Labute approximate surface area is 114 Å². The molecular formula is C10H8BrN3O3S. The van der Waals surface area contributed by atoms with Crippen LogP contribution in [0.2, 0.25) is 0 Å². The highest BCUT2D eigenvalue weighted by Gasteiger charge is 2.13. The number of hydrogen-bond acceptors (Lipinski definition) is 5. The van der Waals surface area contributed by atoms with Gasteiger partial charge in [-0.3, -0.25) is 14.9 Å². The van der Waals surface area contributed by atoms with Gasteiger partial charge >= 0.3 is 4.87 Å². The van der Waals surface area contributed by atoms with Gasteiger partial charge < -0.3 is 10.3 Å². The van der Waals surface area contributed by atoms with Crippen molar-refractivity contribution >= 4 is 38.6 Å². The molecule has 0 aliphatic rings. The Bertz CT molecular complexity index is 637. The van der Waals surface area contributed by atoms with Crippen molar-refractivity contribution < 1.29 is 4.92 Å². The van der Waals surface area contributed by atoms with Gasteiger partial charge in [-0.05, 0) is 12.1 Å². The maximum atomic E-state index is 11.0. The van der Waals surface area contributed by atoms with Gasteiger partial charge in [-0.15, -0.1) is 0 Å². The number of anilines is 1. The lowest BCUT2D eigenvalue weighted by Gasteiger charge is -2.06. The lowest BCUT2D eigenvalue weighted by molar-refractivity contribution is -0.384. The molecular weight excluding hydrogens is 322 g/mol. The van der Waals surface area contributed by atoms with Crippen molar-refractivity contribution in [3.8, 4) is 0 Å². The lowest BCUT2D eigenvalue weighted by atomic mass is 10.2. The van der Waals surface area contributed by atoms with Crippen LogP contribution >= 0.6 is 27.3 Å². The predicted molar refractivity (Wildman–Crippen MR) is 73.1 cm³/mol. The Morgan fingerprint density at radius 2 is 2.28 bits per heavy atom. The summed E-state index contributed by atoms with van der Waals surface area (Å²) in [7, 11) is 0. The van der Waals surface area contributed by atoms with E-state index in [-0.39, 0.29) is 10.6 Å². The second kappa shape index (κ2) is 5.32. The van der Waals surface area contributed by atoms with Crippen molar-refractivity contribution in [2.24, 2.45) is 0 Å². The molecule has 0 unspecified atom stereocenters. The number of benzene rings is 1. The Balaban J connectivity index is 2.20. The van der Waals surface area contributed by atoms with Crippen LogP contribution in [0.5, 0.6) is 0 Å². The quantitative estimate of drug-likeness (QED) is 0.666. The van der Waals surface area contributed by atoms with Crippen LogP contribution in [0.4, 0.5) is 11.4 Å². The van der Waals surface area contributed by atoms with Crippen molar-refractivity contribution in [2.75, 3.05) is 5.32 Å². The first-order valence-electron chi connectivity index (χ1n) is 4.91. The molecule has 0 atom stereocenters. The molecule has 2 N–H and O–H groups in total. The Morgan fingerprint density at radius 3 is 2.89 bits per heavy atom. The molecule has 2 aromatic rings. The highest BCUT2D eigenvalue weighted by Crippen LogP contribution is 2.28. The van der Waals surface area contributed by atoms with Gasteiger partial charge in [0, 0.05) is 21.6 Å². The molecule has 0 fully saturated rings. The standard InChI is InChI=1S/C10H8BrN3O3S/c11-6-1-2-9(14(16)17)8(3-6)12-4-7-5-18-10(15)13-7/h1-3,5,12H,4H2,(H,13,15). The second-order valence-electron chi connectivity index (χ2n) is 3.45. The molecule has 1 aromatic carbocycles. The van der Waals surface area contributed by atoms with Gasteiger partial charge in [0.2, 0.25) is 0 Å². The SMILES string of the molecule is O=c1[nH]c(CNc2cc(Br)ccc2[N+](=O)[O-])cs1. The fourth-order valence-electron chi connectivity index (χ4n) is 1.40. The van der Waals surface area contributed by atoms with Crippen molar-refractivity contribution in [1.29, 1.82) is 0 Å². The van der Waals surface area contributed by atoms with Crippen molar-refractivity contribution in [3.63, 3.8) is 0 Å². The van der Waals surface area contributed by atoms with E-state index in [0.29, 0.717) is 17.9 Å². The van der Waals surface area contributed by atoms with Crippen LogP contribution in [-0.4, -0.2) is 9.91 Å². The first-order valence-corrected chi connectivity index (χ1v) is 6.58. The average molecular weight is 330 g/mol. The van der Waals surface area contributed by atoms with Crippen LogP contribution in [0.25, 0.3) is 0 Å². The Morgan fingerprint density at radius 1 is 1.50 bits per heavy atom. The molecule has 0 aliphatic heterocycles. The summed E-state index contributed by atoms with van der Waals surface area (Å²) in [4.78, 5) is 23.8. The molecule has 0 saturated carbocycles. The summed E-state index contributed by atoms with van der Waals surface area (Å²) in [5.41, 5.74) is 1.09. The maximum Gasteiger partial charge on any atom is 0.304 e. The molecule has 2 rings (SSSR count). The third-order valence-electron chi connectivity index (χ3n) is 2.20. The van der Waals surface area contributed by atoms with E-state index in [4.69, 9.17) is 0 Å². The van der Waals surface area contributed by atoms with Gasteiger partial charge in [-0.2, -0.15) is 0 Å². The molecule has 94 valence electrons. The van der Waals surface area contributed by atoms with Crippen LogP contribution in [-0.2, 0) is 6.54 Å². The maximum absolute atomic E-state index is 11.0. The van der Waals surface area contributed by atoms with Crippen LogP contribution < -0.4 is 10.2 Å². The summed E-state index contributed by atoms with van der Waals surface area (Å²) >= 11 is 4.32. The summed E-state index contributed by atoms with van der Waals surface area (Å²) in [6.45, 7) is 0.329. The number of rotatable bonds is 4. The third kappa shape index (κ3) is 2.96. The number of nitrogens with one attached hydrogen (secondary N) is 2. The summed E-state index contributed by atoms with van der Waals surface area (Å²) in [5.74, 6) is 0. The van der Waals surface area contributed by atoms with Crippen LogP contribution in [0.1, 0.15) is 5.69 Å².